The number of piperidine rings is 1. The monoisotopic (exact) mass is 390 g/mol. The number of para-hydroxylation sites is 1. The number of anilines is 2. The Hall–Kier alpha value is -3.28. The molecule has 5 nitrogen and oxygen atoms in total. The van der Waals surface area contributed by atoms with Gasteiger partial charge >= 0.3 is 0 Å². The fourth-order valence-electron chi connectivity index (χ4n) is 3.69. The highest BCUT2D eigenvalue weighted by Gasteiger charge is 2.26. The maximum Gasteiger partial charge on any atom is 0.227 e. The van der Waals surface area contributed by atoms with E-state index >= 15 is 0 Å². The Kier molecular flexibility index (Phi) is 5.79. The lowest BCUT2D eigenvalue weighted by molar-refractivity contribution is -0.131. The van der Waals surface area contributed by atoms with Crippen LogP contribution in [0.25, 0.3) is 0 Å². The van der Waals surface area contributed by atoms with Crippen molar-refractivity contribution in [3.63, 3.8) is 0 Å². The molecule has 1 amide bonds. The fourth-order valence-corrected chi connectivity index (χ4v) is 3.69. The summed E-state index contributed by atoms with van der Waals surface area (Å²) in [4.78, 5) is 23.6. The molecule has 0 radical (unpaired) electrons. The van der Waals surface area contributed by atoms with Gasteiger partial charge in [0, 0.05) is 30.9 Å². The van der Waals surface area contributed by atoms with Crippen LogP contribution >= 0.6 is 0 Å². The van der Waals surface area contributed by atoms with Crippen LogP contribution in [0.2, 0.25) is 0 Å². The van der Waals surface area contributed by atoms with E-state index in [9.17, 15) is 9.18 Å². The molecule has 0 aliphatic carbocycles. The number of carbonyl (C=O) groups excluding carboxylic acids is 1. The lowest BCUT2D eigenvalue weighted by Crippen LogP contribution is -2.40. The van der Waals surface area contributed by atoms with Gasteiger partial charge in [-0.3, -0.25) is 4.79 Å². The highest BCUT2D eigenvalue weighted by atomic mass is 19.1. The number of aromatic nitrogens is 2. The van der Waals surface area contributed by atoms with E-state index in [0.717, 1.165) is 30.8 Å². The summed E-state index contributed by atoms with van der Waals surface area (Å²) < 4.78 is 13.4. The standard InChI is InChI=1S/C23H23FN4O/c24-19-8-4-6-17(14-19)15-22(29)28-13-5-7-18(16-28)21-11-12-25-23(27-21)26-20-9-2-1-3-10-20/h1-4,6,8-12,14,18H,5,7,13,15-16H2,(H,25,26,27). The van der Waals surface area contributed by atoms with Crippen molar-refractivity contribution in [1.82, 2.24) is 14.9 Å². The number of rotatable bonds is 5. The lowest BCUT2D eigenvalue weighted by Gasteiger charge is -2.32. The topological polar surface area (TPSA) is 58.1 Å². The van der Waals surface area contributed by atoms with Crippen LogP contribution in [0.1, 0.15) is 30.0 Å². The zero-order chi connectivity index (χ0) is 20.1. The van der Waals surface area contributed by atoms with Crippen LogP contribution in [0.5, 0.6) is 0 Å². The molecule has 0 saturated carbocycles. The third kappa shape index (κ3) is 4.96. The molecule has 2 aromatic carbocycles. The minimum absolute atomic E-state index is 0.0250. The van der Waals surface area contributed by atoms with Gasteiger partial charge in [0.25, 0.3) is 0 Å². The SMILES string of the molecule is O=C(Cc1cccc(F)c1)N1CCCC(c2ccnc(Nc3ccccc3)n2)C1. The van der Waals surface area contributed by atoms with Crippen molar-refractivity contribution in [2.45, 2.75) is 25.2 Å². The number of hydrogen-bond acceptors (Lipinski definition) is 4. The van der Waals surface area contributed by atoms with Crippen LogP contribution in [0.4, 0.5) is 16.0 Å². The highest BCUT2D eigenvalue weighted by molar-refractivity contribution is 5.79. The Morgan fingerprint density at radius 2 is 2.00 bits per heavy atom. The smallest absolute Gasteiger partial charge is 0.227 e. The molecule has 0 bridgehead atoms. The largest absolute Gasteiger partial charge is 0.342 e. The van der Waals surface area contributed by atoms with Crippen LogP contribution in [0.15, 0.2) is 66.9 Å². The summed E-state index contributed by atoms with van der Waals surface area (Å²) in [5.74, 6) is 0.430. The van der Waals surface area contributed by atoms with E-state index < -0.39 is 0 Å². The molecule has 148 valence electrons. The van der Waals surface area contributed by atoms with Gasteiger partial charge in [-0.1, -0.05) is 30.3 Å². The van der Waals surface area contributed by atoms with Crippen LogP contribution in [-0.2, 0) is 11.2 Å². The Morgan fingerprint density at radius 3 is 2.83 bits per heavy atom. The summed E-state index contributed by atoms with van der Waals surface area (Å²) in [7, 11) is 0. The van der Waals surface area contributed by atoms with Crippen molar-refractivity contribution in [3.05, 3.63) is 83.9 Å². The Balaban J connectivity index is 1.43. The maximum atomic E-state index is 13.4. The van der Waals surface area contributed by atoms with Crippen molar-refractivity contribution in [2.24, 2.45) is 0 Å². The number of hydrogen-bond donors (Lipinski definition) is 1. The van der Waals surface area contributed by atoms with Gasteiger partial charge in [-0.15, -0.1) is 0 Å². The van der Waals surface area contributed by atoms with Gasteiger partial charge < -0.3 is 10.2 Å². The minimum atomic E-state index is -0.314. The molecule has 2 heterocycles. The molecule has 3 aromatic rings. The van der Waals surface area contributed by atoms with E-state index in [0.29, 0.717) is 18.1 Å². The quantitative estimate of drug-likeness (QED) is 0.705. The molecule has 29 heavy (non-hydrogen) atoms. The second kappa shape index (κ2) is 8.82. The van der Waals surface area contributed by atoms with E-state index in [4.69, 9.17) is 0 Å². The average molecular weight is 390 g/mol. The van der Waals surface area contributed by atoms with Crippen molar-refractivity contribution >= 4 is 17.5 Å². The molecule has 0 spiro atoms. The normalized spacial score (nSPS) is 16.4. The zero-order valence-electron chi connectivity index (χ0n) is 16.1. The third-order valence-electron chi connectivity index (χ3n) is 5.14. The number of amides is 1. The summed E-state index contributed by atoms with van der Waals surface area (Å²) in [5, 5.41) is 3.22. The molecule has 1 aliphatic heterocycles. The maximum absolute atomic E-state index is 13.4. The summed E-state index contributed by atoms with van der Waals surface area (Å²) in [6.45, 7) is 1.35. The van der Waals surface area contributed by atoms with Gasteiger partial charge in [0.15, 0.2) is 0 Å². The Bertz CT molecular complexity index is 979. The first-order valence-corrected chi connectivity index (χ1v) is 9.84. The number of carbonyl (C=O) groups is 1. The summed E-state index contributed by atoms with van der Waals surface area (Å²) >= 11 is 0. The number of halogens is 1. The van der Waals surface area contributed by atoms with Crippen LogP contribution in [0, 0.1) is 5.82 Å². The van der Waals surface area contributed by atoms with Crippen molar-refractivity contribution in [1.29, 1.82) is 0 Å². The van der Waals surface area contributed by atoms with Crippen LogP contribution in [0.3, 0.4) is 0 Å². The van der Waals surface area contributed by atoms with E-state index in [1.807, 2.05) is 41.3 Å². The molecular weight excluding hydrogens is 367 g/mol. The Labute approximate surface area is 169 Å². The number of likely N-dealkylation sites (tertiary alicyclic amines) is 1. The molecule has 1 fully saturated rings. The van der Waals surface area contributed by atoms with E-state index in [1.165, 1.54) is 12.1 Å². The van der Waals surface area contributed by atoms with Gasteiger partial charge in [0.1, 0.15) is 5.82 Å². The lowest BCUT2D eigenvalue weighted by atomic mass is 9.94. The first-order chi connectivity index (χ1) is 14.2. The second-order valence-corrected chi connectivity index (χ2v) is 7.28. The molecule has 6 heteroatoms. The molecule has 1 unspecified atom stereocenters. The number of benzene rings is 2. The third-order valence-corrected chi connectivity index (χ3v) is 5.14. The Morgan fingerprint density at radius 1 is 1.14 bits per heavy atom. The fraction of sp³-hybridized carbons (Fsp3) is 0.261. The molecule has 1 atom stereocenters. The van der Waals surface area contributed by atoms with Crippen molar-refractivity contribution in [2.75, 3.05) is 18.4 Å². The predicted molar refractivity (Wildman–Crippen MR) is 110 cm³/mol. The van der Waals surface area contributed by atoms with Gasteiger partial charge in [-0.25, -0.2) is 14.4 Å². The van der Waals surface area contributed by atoms with Crippen LogP contribution in [-0.4, -0.2) is 33.9 Å². The van der Waals surface area contributed by atoms with Crippen molar-refractivity contribution < 1.29 is 9.18 Å². The molecule has 1 aliphatic rings. The van der Waals surface area contributed by atoms with Gasteiger partial charge in [0.2, 0.25) is 11.9 Å². The van der Waals surface area contributed by atoms with E-state index in [2.05, 4.69) is 15.3 Å². The van der Waals surface area contributed by atoms with Crippen molar-refractivity contribution in [3.8, 4) is 0 Å². The molecule has 1 N–H and O–H groups in total. The van der Waals surface area contributed by atoms with Gasteiger partial charge in [-0.05, 0) is 48.7 Å². The van der Waals surface area contributed by atoms with E-state index in [-0.39, 0.29) is 24.1 Å². The van der Waals surface area contributed by atoms with Crippen LogP contribution < -0.4 is 5.32 Å². The highest BCUT2D eigenvalue weighted by Crippen LogP contribution is 2.27. The first-order valence-electron chi connectivity index (χ1n) is 9.84. The average Bonchev–Trinajstić information content (AvgIpc) is 2.75. The van der Waals surface area contributed by atoms with Gasteiger partial charge in [0.05, 0.1) is 12.1 Å². The molecule has 1 aromatic heterocycles. The van der Waals surface area contributed by atoms with E-state index in [1.54, 1.807) is 18.3 Å². The molecule has 1 saturated heterocycles. The van der Waals surface area contributed by atoms with Gasteiger partial charge in [-0.2, -0.15) is 0 Å². The minimum Gasteiger partial charge on any atom is -0.342 e. The summed E-state index contributed by atoms with van der Waals surface area (Å²) in [6, 6.07) is 17.9. The summed E-state index contributed by atoms with van der Waals surface area (Å²) in [5.41, 5.74) is 2.57. The molecule has 4 rings (SSSR count). The number of nitrogens with one attached hydrogen (secondary N) is 1. The number of nitrogens with zero attached hydrogens (tertiary/aromatic N) is 3. The predicted octanol–water partition coefficient (Wildman–Crippen LogP) is 4.31. The zero-order valence-corrected chi connectivity index (χ0v) is 16.1. The molecular formula is C23H23FN4O. The first kappa shape index (κ1) is 19.1. The summed E-state index contributed by atoms with van der Waals surface area (Å²) in [6.07, 6.45) is 3.87. The second-order valence-electron chi connectivity index (χ2n) is 7.28.